The van der Waals surface area contributed by atoms with Gasteiger partial charge in [-0.25, -0.2) is 4.79 Å². The van der Waals surface area contributed by atoms with Crippen molar-refractivity contribution in [2.75, 3.05) is 51.3 Å². The molecule has 7 nitrogen and oxygen atoms in total. The molecule has 5 aliphatic rings. The molecule has 35 heavy (non-hydrogen) atoms. The molecule has 0 spiro atoms. The van der Waals surface area contributed by atoms with E-state index < -0.39 is 0 Å². The quantitative estimate of drug-likeness (QED) is 0.704. The molecule has 5 aliphatic heterocycles. The number of carbonyl (C=O) groups excluding carboxylic acids is 1. The predicted molar refractivity (Wildman–Crippen MR) is 135 cm³/mol. The van der Waals surface area contributed by atoms with Gasteiger partial charge >= 0.3 is 6.09 Å². The highest BCUT2D eigenvalue weighted by molar-refractivity contribution is 5.74. The summed E-state index contributed by atoms with van der Waals surface area (Å²) < 4.78 is 18.0. The number of nitrogens with one attached hydrogen (secondary N) is 1. The Kier molecular flexibility index (Phi) is 5.55. The lowest BCUT2D eigenvalue weighted by molar-refractivity contribution is -0.0361. The SMILES string of the molecule is CN1CCOc2cc(-c3ccc4c(c3)OCC(C)(C)C4NC(=O)O[C@@H]3CN4CCC3CC4)ccc21. The molecule has 1 N–H and O–H groups in total. The average Bonchev–Trinajstić information content (AvgIpc) is 2.86. The monoisotopic (exact) mass is 477 g/mol. The van der Waals surface area contributed by atoms with Gasteiger partial charge in [-0.15, -0.1) is 0 Å². The molecular weight excluding hydrogens is 442 g/mol. The number of anilines is 1. The second-order valence-corrected chi connectivity index (χ2v) is 11.1. The number of piperidine rings is 3. The number of likely N-dealkylation sites (N-methyl/N-ethyl adjacent to an activating group) is 1. The highest BCUT2D eigenvalue weighted by atomic mass is 16.6. The van der Waals surface area contributed by atoms with E-state index in [0.29, 0.717) is 19.1 Å². The summed E-state index contributed by atoms with van der Waals surface area (Å²) in [7, 11) is 2.09. The first-order chi connectivity index (χ1) is 16.9. The van der Waals surface area contributed by atoms with Gasteiger partial charge in [0, 0.05) is 24.6 Å². The highest BCUT2D eigenvalue weighted by Crippen LogP contribution is 2.45. The lowest BCUT2D eigenvalue weighted by Crippen LogP contribution is -2.53. The van der Waals surface area contributed by atoms with Gasteiger partial charge in [0.15, 0.2) is 0 Å². The van der Waals surface area contributed by atoms with Gasteiger partial charge in [0.25, 0.3) is 0 Å². The zero-order valence-electron chi connectivity index (χ0n) is 20.9. The van der Waals surface area contributed by atoms with Gasteiger partial charge in [0.2, 0.25) is 0 Å². The van der Waals surface area contributed by atoms with Crippen molar-refractivity contribution in [2.24, 2.45) is 11.3 Å². The maximum absolute atomic E-state index is 13.0. The Morgan fingerprint density at radius 2 is 1.77 bits per heavy atom. The van der Waals surface area contributed by atoms with Crippen LogP contribution < -0.4 is 19.7 Å². The molecule has 0 aliphatic carbocycles. The van der Waals surface area contributed by atoms with Crippen LogP contribution in [0.4, 0.5) is 10.5 Å². The molecule has 7 rings (SSSR count). The summed E-state index contributed by atoms with van der Waals surface area (Å²) in [5.41, 5.74) is 4.00. The zero-order valence-corrected chi connectivity index (χ0v) is 20.9. The lowest BCUT2D eigenvalue weighted by Gasteiger charge is -2.44. The Bertz CT molecular complexity index is 1130. The number of rotatable bonds is 3. The Hall–Kier alpha value is -2.93. The minimum atomic E-state index is -0.324. The van der Waals surface area contributed by atoms with Gasteiger partial charge < -0.3 is 24.4 Å². The Labute approximate surface area is 207 Å². The number of alkyl carbamates (subject to hydrolysis) is 1. The van der Waals surface area contributed by atoms with Crippen molar-refractivity contribution >= 4 is 11.8 Å². The van der Waals surface area contributed by atoms with Crippen LogP contribution >= 0.6 is 0 Å². The molecule has 186 valence electrons. The fourth-order valence-electron chi connectivity index (χ4n) is 5.99. The maximum atomic E-state index is 13.0. The van der Waals surface area contributed by atoms with Crippen molar-refractivity contribution in [3.8, 4) is 22.6 Å². The van der Waals surface area contributed by atoms with Crippen LogP contribution in [0.1, 0.15) is 38.3 Å². The lowest BCUT2D eigenvalue weighted by atomic mass is 9.78. The van der Waals surface area contributed by atoms with Crippen molar-refractivity contribution in [1.82, 2.24) is 10.2 Å². The maximum Gasteiger partial charge on any atom is 0.407 e. The van der Waals surface area contributed by atoms with Gasteiger partial charge in [-0.3, -0.25) is 4.90 Å². The second kappa shape index (κ2) is 8.63. The third-order valence-corrected chi connectivity index (χ3v) is 8.21. The largest absolute Gasteiger partial charge is 0.493 e. The third kappa shape index (κ3) is 4.20. The Morgan fingerprint density at radius 3 is 2.51 bits per heavy atom. The van der Waals surface area contributed by atoms with Gasteiger partial charge in [-0.05, 0) is 61.2 Å². The first-order valence-corrected chi connectivity index (χ1v) is 12.8. The van der Waals surface area contributed by atoms with E-state index in [1.807, 2.05) is 0 Å². The Balaban J connectivity index is 1.22. The van der Waals surface area contributed by atoms with Crippen molar-refractivity contribution in [1.29, 1.82) is 0 Å². The summed E-state index contributed by atoms with van der Waals surface area (Å²) >= 11 is 0. The highest BCUT2D eigenvalue weighted by Gasteiger charge is 2.41. The molecule has 5 heterocycles. The molecule has 1 amide bonds. The van der Waals surface area contributed by atoms with E-state index in [-0.39, 0.29) is 23.7 Å². The molecule has 7 heteroatoms. The van der Waals surface area contributed by atoms with Gasteiger partial charge in [0.05, 0.1) is 24.9 Å². The minimum absolute atomic E-state index is 0.00688. The zero-order chi connectivity index (χ0) is 24.2. The number of hydrogen-bond donors (Lipinski definition) is 1. The van der Waals surface area contributed by atoms with Gasteiger partial charge in [0.1, 0.15) is 24.2 Å². The van der Waals surface area contributed by atoms with Crippen LogP contribution in [0.15, 0.2) is 36.4 Å². The molecule has 2 aromatic rings. The van der Waals surface area contributed by atoms with Crippen LogP contribution in [-0.4, -0.2) is 63.5 Å². The van der Waals surface area contributed by atoms with E-state index in [1.165, 1.54) is 0 Å². The van der Waals surface area contributed by atoms with Crippen molar-refractivity contribution < 1.29 is 19.0 Å². The topological polar surface area (TPSA) is 63.3 Å². The number of fused-ring (bicyclic) bond motifs is 5. The van der Waals surface area contributed by atoms with Gasteiger partial charge in [-0.2, -0.15) is 0 Å². The van der Waals surface area contributed by atoms with Crippen LogP contribution in [-0.2, 0) is 4.74 Å². The van der Waals surface area contributed by atoms with E-state index in [0.717, 1.165) is 72.9 Å². The fourth-order valence-corrected chi connectivity index (χ4v) is 5.99. The second-order valence-electron chi connectivity index (χ2n) is 11.1. The summed E-state index contributed by atoms with van der Waals surface area (Å²) in [6, 6.07) is 12.4. The van der Waals surface area contributed by atoms with E-state index in [4.69, 9.17) is 14.2 Å². The molecule has 2 aromatic carbocycles. The summed E-state index contributed by atoms with van der Waals surface area (Å²) in [5, 5.41) is 3.19. The summed E-state index contributed by atoms with van der Waals surface area (Å²) in [6.07, 6.45) is 1.91. The molecular formula is C28H35N3O4. The number of carbonyl (C=O) groups is 1. The number of nitrogens with zero attached hydrogens (tertiary/aromatic N) is 2. The predicted octanol–water partition coefficient (Wildman–Crippen LogP) is 4.46. The summed E-state index contributed by atoms with van der Waals surface area (Å²) in [5.74, 6) is 2.21. The van der Waals surface area contributed by atoms with E-state index >= 15 is 0 Å². The molecule has 0 saturated carbocycles. The fraction of sp³-hybridized carbons (Fsp3) is 0.536. The smallest absolute Gasteiger partial charge is 0.407 e. The molecule has 0 aromatic heterocycles. The molecule has 0 radical (unpaired) electrons. The first kappa shape index (κ1) is 22.5. The molecule has 2 atom stereocenters. The van der Waals surface area contributed by atoms with E-state index in [2.05, 4.69) is 72.4 Å². The molecule has 2 bridgehead atoms. The number of ether oxygens (including phenoxy) is 3. The van der Waals surface area contributed by atoms with Crippen LogP contribution in [0.3, 0.4) is 0 Å². The minimum Gasteiger partial charge on any atom is -0.493 e. The van der Waals surface area contributed by atoms with Crippen LogP contribution in [0.2, 0.25) is 0 Å². The van der Waals surface area contributed by atoms with Crippen molar-refractivity contribution in [2.45, 2.75) is 38.8 Å². The molecule has 3 saturated heterocycles. The normalized spacial score (nSPS) is 28.3. The van der Waals surface area contributed by atoms with Crippen molar-refractivity contribution in [3.63, 3.8) is 0 Å². The summed E-state index contributed by atoms with van der Waals surface area (Å²) in [4.78, 5) is 17.6. The van der Waals surface area contributed by atoms with Crippen LogP contribution in [0.5, 0.6) is 11.5 Å². The third-order valence-electron chi connectivity index (χ3n) is 8.21. The van der Waals surface area contributed by atoms with Gasteiger partial charge in [-0.1, -0.05) is 32.0 Å². The molecule has 3 fully saturated rings. The Morgan fingerprint density at radius 1 is 1.03 bits per heavy atom. The number of hydrogen-bond acceptors (Lipinski definition) is 6. The van der Waals surface area contributed by atoms with Crippen LogP contribution in [0.25, 0.3) is 11.1 Å². The number of amides is 1. The number of benzene rings is 2. The standard InChI is InChI=1S/C28H35N3O4/c1-28(2)17-34-23-14-19(20-5-7-22-24(15-20)33-13-12-30(22)3)4-6-21(23)26(28)29-27(32)35-25-16-31-10-8-18(25)9-11-31/h4-7,14-15,18,25-26H,8-13,16-17H2,1-3H3,(H,29,32)/t25-,26?/m1/s1. The van der Waals surface area contributed by atoms with E-state index in [1.54, 1.807) is 0 Å². The van der Waals surface area contributed by atoms with Crippen LogP contribution in [0, 0.1) is 11.3 Å². The average molecular weight is 478 g/mol. The summed E-state index contributed by atoms with van der Waals surface area (Å²) in [6.45, 7) is 9.47. The molecule has 1 unspecified atom stereocenters. The van der Waals surface area contributed by atoms with Crippen molar-refractivity contribution in [3.05, 3.63) is 42.0 Å². The van der Waals surface area contributed by atoms with E-state index in [9.17, 15) is 4.79 Å². The first-order valence-electron chi connectivity index (χ1n) is 12.8.